The van der Waals surface area contributed by atoms with Gasteiger partial charge in [0.15, 0.2) is 15.8 Å². The molecule has 1 aromatic carbocycles. The highest BCUT2D eigenvalue weighted by atomic mass is 32.2. The fourth-order valence-electron chi connectivity index (χ4n) is 1.66. The Morgan fingerprint density at radius 3 is 3.14 bits per heavy atom. The van der Waals surface area contributed by atoms with E-state index in [1.165, 1.54) is 23.1 Å². The van der Waals surface area contributed by atoms with Crippen molar-refractivity contribution in [1.82, 2.24) is 10.2 Å². The molecule has 21 heavy (non-hydrogen) atoms. The molecule has 0 aliphatic carbocycles. The predicted molar refractivity (Wildman–Crippen MR) is 81.3 cm³/mol. The van der Waals surface area contributed by atoms with Crippen molar-refractivity contribution in [1.29, 1.82) is 0 Å². The maximum atomic E-state index is 12.1. The molecule has 0 saturated carbocycles. The Kier molecular flexibility index (Phi) is 4.07. The second kappa shape index (κ2) is 6.15. The van der Waals surface area contributed by atoms with Crippen LogP contribution in [0.2, 0.25) is 0 Å². The first-order valence-corrected chi connectivity index (χ1v) is 7.84. The molecule has 6 nitrogen and oxygen atoms in total. The van der Waals surface area contributed by atoms with Crippen LogP contribution < -0.4 is 14.8 Å². The molecule has 1 aliphatic rings. The molecule has 0 bridgehead atoms. The highest BCUT2D eigenvalue weighted by Gasteiger charge is 2.17. The van der Waals surface area contributed by atoms with Crippen molar-refractivity contribution in [2.75, 3.05) is 17.9 Å². The first-order valence-electron chi connectivity index (χ1n) is 6.04. The second-order valence-electron chi connectivity index (χ2n) is 3.99. The van der Waals surface area contributed by atoms with Crippen molar-refractivity contribution in [2.24, 2.45) is 0 Å². The van der Waals surface area contributed by atoms with E-state index in [4.69, 9.17) is 9.47 Å². The number of amides is 1. The second-order valence-corrected chi connectivity index (χ2v) is 6.24. The predicted octanol–water partition coefficient (Wildman–Crippen LogP) is 2.80. The SMILES string of the molecule is C=CCSc1nnc(NC(=O)c2ccc3c(c2)OCO3)s1. The minimum absolute atomic E-state index is 0.181. The lowest BCUT2D eigenvalue weighted by Gasteiger charge is -2.02. The van der Waals surface area contributed by atoms with Crippen LogP contribution in [0.25, 0.3) is 0 Å². The molecular formula is C13H11N3O3S2. The van der Waals surface area contributed by atoms with Crippen molar-refractivity contribution >= 4 is 34.1 Å². The lowest BCUT2D eigenvalue weighted by atomic mass is 10.2. The number of hydrogen-bond acceptors (Lipinski definition) is 7. The molecule has 1 N–H and O–H groups in total. The summed E-state index contributed by atoms with van der Waals surface area (Å²) >= 11 is 2.85. The fourth-order valence-corrected chi connectivity index (χ4v) is 3.16. The van der Waals surface area contributed by atoms with Gasteiger partial charge in [0, 0.05) is 11.3 Å². The average Bonchev–Trinajstić information content (AvgIpc) is 3.12. The van der Waals surface area contributed by atoms with Gasteiger partial charge in [0.2, 0.25) is 11.9 Å². The van der Waals surface area contributed by atoms with Gasteiger partial charge < -0.3 is 9.47 Å². The average molecular weight is 321 g/mol. The van der Waals surface area contributed by atoms with E-state index in [0.29, 0.717) is 22.2 Å². The fraction of sp³-hybridized carbons (Fsp3) is 0.154. The largest absolute Gasteiger partial charge is 0.454 e. The summed E-state index contributed by atoms with van der Waals surface area (Å²) in [7, 11) is 0. The lowest BCUT2D eigenvalue weighted by molar-refractivity contribution is 0.102. The van der Waals surface area contributed by atoms with Crippen LogP contribution in [0, 0.1) is 0 Å². The van der Waals surface area contributed by atoms with Gasteiger partial charge in [0.25, 0.3) is 5.91 Å². The number of rotatable bonds is 5. The molecule has 1 aliphatic heterocycles. The van der Waals surface area contributed by atoms with E-state index < -0.39 is 0 Å². The van der Waals surface area contributed by atoms with Gasteiger partial charge in [-0.1, -0.05) is 29.2 Å². The van der Waals surface area contributed by atoms with Crippen LogP contribution >= 0.6 is 23.1 Å². The highest BCUT2D eigenvalue weighted by Crippen LogP contribution is 2.33. The summed E-state index contributed by atoms with van der Waals surface area (Å²) < 4.78 is 11.2. The zero-order valence-electron chi connectivity index (χ0n) is 10.9. The number of ether oxygens (including phenoxy) is 2. The third kappa shape index (κ3) is 3.17. The van der Waals surface area contributed by atoms with Crippen LogP contribution in [0.3, 0.4) is 0 Å². The maximum Gasteiger partial charge on any atom is 0.257 e. The molecule has 0 saturated heterocycles. The van der Waals surface area contributed by atoms with Crippen molar-refractivity contribution in [2.45, 2.75) is 4.34 Å². The van der Waals surface area contributed by atoms with Gasteiger partial charge in [0.1, 0.15) is 0 Å². The summed E-state index contributed by atoms with van der Waals surface area (Å²) in [5, 5.41) is 11.1. The maximum absolute atomic E-state index is 12.1. The van der Waals surface area contributed by atoms with Crippen LogP contribution in [0.5, 0.6) is 11.5 Å². The number of fused-ring (bicyclic) bond motifs is 1. The summed E-state index contributed by atoms with van der Waals surface area (Å²) in [5.74, 6) is 1.71. The quantitative estimate of drug-likeness (QED) is 0.518. The zero-order chi connectivity index (χ0) is 14.7. The van der Waals surface area contributed by atoms with Gasteiger partial charge in [-0.05, 0) is 18.2 Å². The number of carbonyl (C=O) groups excluding carboxylic acids is 1. The van der Waals surface area contributed by atoms with Crippen molar-refractivity contribution < 1.29 is 14.3 Å². The zero-order valence-corrected chi connectivity index (χ0v) is 12.5. The van der Waals surface area contributed by atoms with Gasteiger partial charge >= 0.3 is 0 Å². The Morgan fingerprint density at radius 2 is 2.29 bits per heavy atom. The molecule has 0 unspecified atom stereocenters. The Morgan fingerprint density at radius 1 is 1.43 bits per heavy atom. The van der Waals surface area contributed by atoms with Crippen LogP contribution in [0.15, 0.2) is 35.2 Å². The van der Waals surface area contributed by atoms with E-state index in [-0.39, 0.29) is 12.7 Å². The number of thioether (sulfide) groups is 1. The van der Waals surface area contributed by atoms with Gasteiger partial charge in [-0.3, -0.25) is 10.1 Å². The number of hydrogen-bond donors (Lipinski definition) is 1. The van der Waals surface area contributed by atoms with E-state index in [9.17, 15) is 4.79 Å². The molecule has 2 aromatic rings. The number of carbonyl (C=O) groups is 1. The van der Waals surface area contributed by atoms with Crippen molar-refractivity contribution in [3.8, 4) is 11.5 Å². The van der Waals surface area contributed by atoms with Gasteiger partial charge in [0.05, 0.1) is 0 Å². The molecule has 3 rings (SSSR count). The summed E-state index contributed by atoms with van der Waals surface area (Å²) in [5.41, 5.74) is 0.481. The van der Waals surface area contributed by atoms with Crippen LogP contribution in [0.1, 0.15) is 10.4 Å². The number of nitrogens with one attached hydrogen (secondary N) is 1. The molecule has 0 radical (unpaired) electrons. The first kappa shape index (κ1) is 13.9. The van der Waals surface area contributed by atoms with Gasteiger partial charge in [-0.2, -0.15) is 0 Å². The minimum atomic E-state index is -0.260. The summed E-state index contributed by atoms with van der Waals surface area (Å²) in [4.78, 5) is 12.1. The van der Waals surface area contributed by atoms with Crippen LogP contribution in [-0.4, -0.2) is 28.7 Å². The van der Waals surface area contributed by atoms with E-state index in [1.807, 2.05) is 0 Å². The monoisotopic (exact) mass is 321 g/mol. The molecule has 8 heteroatoms. The normalized spacial score (nSPS) is 12.2. The highest BCUT2D eigenvalue weighted by molar-refractivity contribution is 8.01. The summed E-state index contributed by atoms with van der Waals surface area (Å²) in [6.07, 6.45) is 1.79. The minimum Gasteiger partial charge on any atom is -0.454 e. The number of anilines is 1. The lowest BCUT2D eigenvalue weighted by Crippen LogP contribution is -2.11. The van der Waals surface area contributed by atoms with Crippen LogP contribution in [-0.2, 0) is 0 Å². The molecule has 108 valence electrons. The summed E-state index contributed by atoms with van der Waals surface area (Å²) in [6.45, 7) is 3.82. The Balaban J connectivity index is 1.68. The summed E-state index contributed by atoms with van der Waals surface area (Å²) in [6, 6.07) is 5.03. The molecule has 1 amide bonds. The Bertz CT molecular complexity index is 687. The first-order chi connectivity index (χ1) is 10.3. The van der Waals surface area contributed by atoms with Gasteiger partial charge in [-0.15, -0.1) is 16.8 Å². The molecular weight excluding hydrogens is 310 g/mol. The topological polar surface area (TPSA) is 73.3 Å². The number of benzene rings is 1. The molecule has 2 heterocycles. The molecule has 0 atom stereocenters. The van der Waals surface area contributed by atoms with E-state index in [0.717, 1.165) is 10.1 Å². The molecule has 1 aromatic heterocycles. The van der Waals surface area contributed by atoms with E-state index in [2.05, 4.69) is 22.1 Å². The molecule has 0 spiro atoms. The molecule has 0 fully saturated rings. The number of nitrogens with zero attached hydrogens (tertiary/aromatic N) is 2. The van der Waals surface area contributed by atoms with E-state index in [1.54, 1.807) is 24.3 Å². The Labute approximate surface area is 129 Å². The standard InChI is InChI=1S/C13H11N3O3S2/c1-2-5-20-13-16-15-12(21-13)14-11(17)8-3-4-9-10(6-8)19-7-18-9/h2-4,6H,1,5,7H2,(H,14,15,17). The Hall–Kier alpha value is -2.06. The van der Waals surface area contributed by atoms with Gasteiger partial charge in [-0.25, -0.2) is 0 Å². The van der Waals surface area contributed by atoms with E-state index >= 15 is 0 Å². The third-order valence-electron chi connectivity index (χ3n) is 2.59. The van der Waals surface area contributed by atoms with Crippen molar-refractivity contribution in [3.63, 3.8) is 0 Å². The van der Waals surface area contributed by atoms with Crippen LogP contribution in [0.4, 0.5) is 5.13 Å². The third-order valence-corrected chi connectivity index (χ3v) is 4.55. The number of aromatic nitrogens is 2. The smallest absolute Gasteiger partial charge is 0.257 e. The van der Waals surface area contributed by atoms with Crippen molar-refractivity contribution in [3.05, 3.63) is 36.4 Å².